The maximum absolute atomic E-state index is 12.4. The normalized spacial score (nSPS) is 18.7. The zero-order valence-electron chi connectivity index (χ0n) is 15.8. The van der Waals surface area contributed by atoms with Gasteiger partial charge in [-0.15, -0.1) is 0 Å². The van der Waals surface area contributed by atoms with E-state index in [-0.39, 0.29) is 5.91 Å². The smallest absolute Gasteiger partial charge is 0.251 e. The van der Waals surface area contributed by atoms with Crippen LogP contribution in [0.3, 0.4) is 0 Å². The van der Waals surface area contributed by atoms with Crippen molar-refractivity contribution in [3.63, 3.8) is 0 Å². The Labute approximate surface area is 160 Å². The highest BCUT2D eigenvalue weighted by molar-refractivity contribution is 5.94. The fourth-order valence-electron chi connectivity index (χ4n) is 4.08. The average Bonchev–Trinajstić information content (AvgIpc) is 3.39. The molecule has 0 bridgehead atoms. The van der Waals surface area contributed by atoms with Crippen molar-refractivity contribution in [3.05, 3.63) is 47.1 Å². The Hall–Kier alpha value is -2.21. The van der Waals surface area contributed by atoms with Gasteiger partial charge in [0.15, 0.2) is 5.82 Å². The molecule has 2 aromatic rings. The minimum atomic E-state index is -0.105. The van der Waals surface area contributed by atoms with E-state index in [1.807, 2.05) is 12.1 Å². The first-order valence-electron chi connectivity index (χ1n) is 10.2. The third-order valence-electron chi connectivity index (χ3n) is 5.67. The first-order valence-corrected chi connectivity index (χ1v) is 10.2. The van der Waals surface area contributed by atoms with Crippen LogP contribution in [0.4, 0.5) is 0 Å². The fourth-order valence-corrected chi connectivity index (χ4v) is 4.08. The molecule has 1 aromatic heterocycles. The number of hydrogen-bond donors (Lipinski definition) is 1. The van der Waals surface area contributed by atoms with Gasteiger partial charge in [0, 0.05) is 18.0 Å². The second-order valence-corrected chi connectivity index (χ2v) is 7.75. The van der Waals surface area contributed by atoms with E-state index in [9.17, 15) is 4.79 Å². The van der Waals surface area contributed by atoms with Crippen LogP contribution >= 0.6 is 0 Å². The Morgan fingerprint density at radius 2 is 1.81 bits per heavy atom. The van der Waals surface area contributed by atoms with Gasteiger partial charge in [0.05, 0.1) is 6.54 Å². The number of aromatic nitrogens is 2. The van der Waals surface area contributed by atoms with Gasteiger partial charge in [-0.2, -0.15) is 4.98 Å². The van der Waals surface area contributed by atoms with Gasteiger partial charge in [0.25, 0.3) is 5.91 Å². The average molecular weight is 368 g/mol. The van der Waals surface area contributed by atoms with E-state index >= 15 is 0 Å². The molecule has 0 radical (unpaired) electrons. The summed E-state index contributed by atoms with van der Waals surface area (Å²) in [5.41, 5.74) is 1.92. The van der Waals surface area contributed by atoms with Crippen LogP contribution in [0.2, 0.25) is 0 Å². The van der Waals surface area contributed by atoms with Crippen LogP contribution in [0.1, 0.15) is 78.5 Å². The number of likely N-dealkylation sites (tertiary alicyclic amines) is 1. The summed E-state index contributed by atoms with van der Waals surface area (Å²) in [6.45, 7) is 3.62. The first-order chi connectivity index (χ1) is 13.3. The fraction of sp³-hybridized carbons (Fsp3) is 0.571. The zero-order valence-corrected chi connectivity index (χ0v) is 15.8. The van der Waals surface area contributed by atoms with Crippen molar-refractivity contribution in [3.8, 4) is 0 Å². The highest BCUT2D eigenvalue weighted by atomic mass is 16.5. The van der Waals surface area contributed by atoms with Crippen LogP contribution in [0, 0.1) is 0 Å². The summed E-state index contributed by atoms with van der Waals surface area (Å²) in [4.78, 5) is 19.3. The molecule has 1 aromatic carbocycles. The van der Waals surface area contributed by atoms with Gasteiger partial charge >= 0.3 is 0 Å². The van der Waals surface area contributed by atoms with E-state index in [0.29, 0.717) is 23.9 Å². The van der Waals surface area contributed by atoms with Gasteiger partial charge in [-0.3, -0.25) is 9.69 Å². The molecule has 1 saturated carbocycles. The lowest BCUT2D eigenvalue weighted by Gasteiger charge is -2.26. The van der Waals surface area contributed by atoms with E-state index in [4.69, 9.17) is 4.52 Å². The molecule has 2 aliphatic rings. The summed E-state index contributed by atoms with van der Waals surface area (Å²) in [5.74, 6) is 1.56. The Bertz CT molecular complexity index is 744. The van der Waals surface area contributed by atoms with Crippen LogP contribution < -0.4 is 5.32 Å². The summed E-state index contributed by atoms with van der Waals surface area (Å²) in [6.07, 6.45) is 8.63. The maximum Gasteiger partial charge on any atom is 0.251 e. The number of nitrogens with zero attached hydrogens (tertiary/aromatic N) is 3. The second kappa shape index (κ2) is 8.65. The molecule has 6 nitrogen and oxygen atoms in total. The number of carbonyl (C=O) groups excluding carboxylic acids is 1. The lowest BCUT2D eigenvalue weighted by molar-refractivity contribution is 0.0949. The Morgan fingerprint density at radius 3 is 2.56 bits per heavy atom. The van der Waals surface area contributed by atoms with Crippen LogP contribution in [-0.2, 0) is 13.1 Å². The standard InChI is InChI=1S/C21H28N4O2/c26-20(22-14-19-23-21(27-24-19)18-6-2-3-7-18)17-10-8-16(9-11-17)15-25-12-4-1-5-13-25/h8-11,18H,1-7,12-15H2,(H,22,26). The van der Waals surface area contributed by atoms with E-state index in [2.05, 4.69) is 32.5 Å². The molecule has 144 valence electrons. The van der Waals surface area contributed by atoms with E-state index in [1.165, 1.54) is 50.8 Å². The lowest BCUT2D eigenvalue weighted by Crippen LogP contribution is -2.29. The molecule has 1 aliphatic carbocycles. The number of benzene rings is 1. The Kier molecular flexibility index (Phi) is 5.82. The van der Waals surface area contributed by atoms with E-state index < -0.39 is 0 Å². The summed E-state index contributed by atoms with van der Waals surface area (Å²) >= 11 is 0. The number of piperidine rings is 1. The maximum atomic E-state index is 12.4. The minimum absolute atomic E-state index is 0.105. The molecule has 4 rings (SSSR count). The van der Waals surface area contributed by atoms with Gasteiger partial charge in [0.1, 0.15) is 0 Å². The van der Waals surface area contributed by atoms with Crippen molar-refractivity contribution in [1.82, 2.24) is 20.4 Å². The van der Waals surface area contributed by atoms with E-state index in [1.54, 1.807) is 0 Å². The molecule has 0 spiro atoms. The molecular formula is C21H28N4O2. The van der Waals surface area contributed by atoms with Crippen molar-refractivity contribution < 1.29 is 9.32 Å². The summed E-state index contributed by atoms with van der Waals surface area (Å²) in [5, 5.41) is 6.88. The summed E-state index contributed by atoms with van der Waals surface area (Å²) in [6, 6.07) is 7.90. The number of amides is 1. The van der Waals surface area contributed by atoms with Crippen molar-refractivity contribution >= 4 is 5.91 Å². The highest BCUT2D eigenvalue weighted by Crippen LogP contribution is 2.32. The number of nitrogens with one attached hydrogen (secondary N) is 1. The SMILES string of the molecule is O=C(NCc1noc(C2CCCC2)n1)c1ccc(CN2CCCCC2)cc1. The van der Waals surface area contributed by atoms with Crippen LogP contribution in [0.25, 0.3) is 0 Å². The zero-order chi connectivity index (χ0) is 18.5. The molecule has 1 aliphatic heterocycles. The quantitative estimate of drug-likeness (QED) is 0.843. The number of rotatable bonds is 6. The summed E-state index contributed by atoms with van der Waals surface area (Å²) in [7, 11) is 0. The van der Waals surface area contributed by atoms with Crippen molar-refractivity contribution in [2.24, 2.45) is 0 Å². The van der Waals surface area contributed by atoms with Gasteiger partial charge in [-0.1, -0.05) is 36.6 Å². The minimum Gasteiger partial charge on any atom is -0.345 e. The molecule has 1 N–H and O–H groups in total. The largest absolute Gasteiger partial charge is 0.345 e. The van der Waals surface area contributed by atoms with Crippen LogP contribution in [0.15, 0.2) is 28.8 Å². The molecule has 2 fully saturated rings. The Morgan fingerprint density at radius 1 is 1.07 bits per heavy atom. The third kappa shape index (κ3) is 4.75. The molecule has 0 unspecified atom stereocenters. The number of carbonyl (C=O) groups is 1. The van der Waals surface area contributed by atoms with Crippen molar-refractivity contribution in [2.75, 3.05) is 13.1 Å². The van der Waals surface area contributed by atoms with Gasteiger partial charge in [-0.25, -0.2) is 0 Å². The van der Waals surface area contributed by atoms with Crippen molar-refractivity contribution in [1.29, 1.82) is 0 Å². The van der Waals surface area contributed by atoms with Gasteiger partial charge in [-0.05, 0) is 56.5 Å². The first kappa shape index (κ1) is 18.2. The third-order valence-corrected chi connectivity index (χ3v) is 5.67. The topological polar surface area (TPSA) is 71.3 Å². The predicted octanol–water partition coefficient (Wildman–Crippen LogP) is 3.64. The molecule has 27 heavy (non-hydrogen) atoms. The number of hydrogen-bond acceptors (Lipinski definition) is 5. The monoisotopic (exact) mass is 368 g/mol. The molecule has 0 atom stereocenters. The van der Waals surface area contributed by atoms with Gasteiger partial charge in [0.2, 0.25) is 5.89 Å². The molecule has 1 amide bonds. The van der Waals surface area contributed by atoms with Crippen LogP contribution in [0.5, 0.6) is 0 Å². The van der Waals surface area contributed by atoms with Crippen LogP contribution in [-0.4, -0.2) is 34.0 Å². The highest BCUT2D eigenvalue weighted by Gasteiger charge is 2.23. The molecular weight excluding hydrogens is 340 g/mol. The van der Waals surface area contributed by atoms with Gasteiger partial charge < -0.3 is 9.84 Å². The van der Waals surface area contributed by atoms with E-state index in [0.717, 1.165) is 25.3 Å². The molecule has 2 heterocycles. The second-order valence-electron chi connectivity index (χ2n) is 7.75. The molecule has 1 saturated heterocycles. The lowest BCUT2D eigenvalue weighted by atomic mass is 10.1. The predicted molar refractivity (Wildman–Crippen MR) is 102 cm³/mol. The Balaban J connectivity index is 1.27. The molecule has 6 heteroatoms. The summed E-state index contributed by atoms with van der Waals surface area (Å²) < 4.78 is 5.36. The van der Waals surface area contributed by atoms with Crippen molar-refractivity contribution in [2.45, 2.75) is 64.0 Å².